The molecule has 0 aliphatic carbocycles. The van der Waals surface area contributed by atoms with E-state index < -0.39 is 16.3 Å². The number of ether oxygens (including phenoxy) is 1. The number of fused-ring (bicyclic) bond motifs is 1. The Labute approximate surface area is 171 Å². The van der Waals surface area contributed by atoms with Crippen LogP contribution in [0.3, 0.4) is 0 Å². The van der Waals surface area contributed by atoms with Crippen LogP contribution in [0.25, 0.3) is 16.6 Å². The number of aryl methyl sites for hydroxylation is 1. The van der Waals surface area contributed by atoms with Crippen molar-refractivity contribution >= 4 is 16.6 Å². The minimum Gasteiger partial charge on any atom is -0.494 e. The normalized spacial score (nSPS) is 16.9. The Bertz CT molecular complexity index is 1220. The summed E-state index contributed by atoms with van der Waals surface area (Å²) >= 11 is 0. The standard InChI is InChI=1S/C21H21FN4O4/c1-12-9-14(26(28)29)10-15-19(12)23-20(17-5-4-8-24(17)2)25(21(15)27)13-6-7-18(30-3)16(22)11-13/h6-7,9-11,17H,4-5,8H2,1-3H3/t17-/m0/s1. The maximum Gasteiger partial charge on any atom is 0.270 e. The number of hydrogen-bond donors (Lipinski definition) is 0. The molecule has 2 aromatic carbocycles. The lowest BCUT2D eigenvalue weighted by Gasteiger charge is -2.23. The van der Waals surface area contributed by atoms with E-state index in [0.29, 0.717) is 22.6 Å². The van der Waals surface area contributed by atoms with Gasteiger partial charge >= 0.3 is 0 Å². The minimum absolute atomic E-state index is 0.0616. The maximum atomic E-state index is 14.4. The number of rotatable bonds is 4. The number of non-ortho nitro benzene ring substituents is 1. The van der Waals surface area contributed by atoms with Crippen molar-refractivity contribution in [2.24, 2.45) is 0 Å². The van der Waals surface area contributed by atoms with E-state index in [2.05, 4.69) is 4.90 Å². The highest BCUT2D eigenvalue weighted by Gasteiger charge is 2.29. The van der Waals surface area contributed by atoms with Gasteiger partial charge < -0.3 is 4.74 Å². The molecule has 0 spiro atoms. The monoisotopic (exact) mass is 412 g/mol. The van der Waals surface area contributed by atoms with Gasteiger partial charge in [0.1, 0.15) is 5.82 Å². The summed E-state index contributed by atoms with van der Waals surface area (Å²) in [6.07, 6.45) is 1.75. The smallest absolute Gasteiger partial charge is 0.270 e. The summed E-state index contributed by atoms with van der Waals surface area (Å²) in [5.41, 5.74) is 0.619. The number of likely N-dealkylation sites (tertiary alicyclic amines) is 1. The number of nitro benzene ring substituents is 1. The van der Waals surface area contributed by atoms with Crippen LogP contribution in [0, 0.1) is 22.9 Å². The van der Waals surface area contributed by atoms with Crippen molar-refractivity contribution in [2.75, 3.05) is 20.7 Å². The van der Waals surface area contributed by atoms with Gasteiger partial charge in [0.2, 0.25) is 0 Å². The first-order chi connectivity index (χ1) is 14.3. The molecule has 0 unspecified atom stereocenters. The molecule has 4 rings (SSSR count). The van der Waals surface area contributed by atoms with Gasteiger partial charge in [-0.1, -0.05) is 0 Å². The molecule has 8 nitrogen and oxygen atoms in total. The second kappa shape index (κ2) is 7.49. The Morgan fingerprint density at radius 1 is 1.30 bits per heavy atom. The molecular formula is C21H21FN4O4. The van der Waals surface area contributed by atoms with E-state index in [1.54, 1.807) is 13.0 Å². The second-order valence-electron chi connectivity index (χ2n) is 7.48. The van der Waals surface area contributed by atoms with Crippen LogP contribution >= 0.6 is 0 Å². The fourth-order valence-corrected chi connectivity index (χ4v) is 4.07. The van der Waals surface area contributed by atoms with Crippen molar-refractivity contribution in [3.8, 4) is 11.4 Å². The number of halogens is 1. The third-order valence-corrected chi connectivity index (χ3v) is 5.60. The third-order valence-electron chi connectivity index (χ3n) is 5.60. The van der Waals surface area contributed by atoms with Gasteiger partial charge in [0.25, 0.3) is 11.2 Å². The van der Waals surface area contributed by atoms with Gasteiger partial charge in [-0.25, -0.2) is 9.37 Å². The van der Waals surface area contributed by atoms with Crippen LogP contribution in [0.4, 0.5) is 10.1 Å². The largest absolute Gasteiger partial charge is 0.494 e. The summed E-state index contributed by atoms with van der Waals surface area (Å²) in [5, 5.41) is 11.4. The van der Waals surface area contributed by atoms with Crippen LogP contribution in [0.5, 0.6) is 5.75 Å². The van der Waals surface area contributed by atoms with Crippen LogP contribution in [-0.4, -0.2) is 40.1 Å². The van der Waals surface area contributed by atoms with Gasteiger partial charge in [-0.3, -0.25) is 24.4 Å². The van der Waals surface area contributed by atoms with Crippen LogP contribution in [0.2, 0.25) is 0 Å². The number of aromatic nitrogens is 2. The maximum absolute atomic E-state index is 14.4. The molecule has 1 saturated heterocycles. The van der Waals surface area contributed by atoms with Gasteiger partial charge in [0.15, 0.2) is 11.6 Å². The predicted octanol–water partition coefficient (Wildman–Crippen LogP) is 3.52. The molecule has 0 bridgehead atoms. The minimum atomic E-state index is -0.608. The zero-order chi connectivity index (χ0) is 21.6. The highest BCUT2D eigenvalue weighted by atomic mass is 19.1. The molecule has 1 aliphatic rings. The number of methoxy groups -OCH3 is 1. The van der Waals surface area contributed by atoms with E-state index in [-0.39, 0.29) is 22.9 Å². The van der Waals surface area contributed by atoms with E-state index in [0.717, 1.165) is 19.4 Å². The lowest BCUT2D eigenvalue weighted by atomic mass is 10.1. The van der Waals surface area contributed by atoms with Gasteiger partial charge in [-0.05, 0) is 51.1 Å². The lowest BCUT2D eigenvalue weighted by Crippen LogP contribution is -2.30. The summed E-state index contributed by atoms with van der Waals surface area (Å²) in [6.45, 7) is 2.55. The van der Waals surface area contributed by atoms with E-state index in [1.165, 1.54) is 35.9 Å². The van der Waals surface area contributed by atoms with Crippen molar-refractivity contribution in [1.82, 2.24) is 14.5 Å². The first-order valence-electron chi connectivity index (χ1n) is 9.57. The molecule has 1 aromatic heterocycles. The molecule has 9 heteroatoms. The highest BCUT2D eigenvalue weighted by molar-refractivity contribution is 5.84. The summed E-state index contributed by atoms with van der Waals surface area (Å²) in [6, 6.07) is 6.77. The number of hydrogen-bond acceptors (Lipinski definition) is 6. The molecule has 30 heavy (non-hydrogen) atoms. The van der Waals surface area contributed by atoms with Crippen molar-refractivity contribution in [1.29, 1.82) is 0 Å². The molecule has 1 atom stereocenters. The average Bonchev–Trinajstić information content (AvgIpc) is 3.13. The van der Waals surface area contributed by atoms with Crippen molar-refractivity contribution in [3.63, 3.8) is 0 Å². The summed E-state index contributed by atoms with van der Waals surface area (Å²) in [5.74, 6) is -0.0523. The van der Waals surface area contributed by atoms with E-state index in [1.807, 2.05) is 7.05 Å². The molecule has 1 aliphatic heterocycles. The second-order valence-corrected chi connectivity index (χ2v) is 7.48. The Hall–Kier alpha value is -3.33. The molecule has 0 saturated carbocycles. The average molecular weight is 412 g/mol. The van der Waals surface area contributed by atoms with Crippen LogP contribution < -0.4 is 10.3 Å². The quantitative estimate of drug-likeness (QED) is 0.481. The molecular weight excluding hydrogens is 391 g/mol. The van der Waals surface area contributed by atoms with Crippen LogP contribution in [-0.2, 0) is 0 Å². The van der Waals surface area contributed by atoms with Gasteiger partial charge in [-0.2, -0.15) is 0 Å². The first-order valence-corrected chi connectivity index (χ1v) is 9.57. The molecule has 3 aromatic rings. The summed E-state index contributed by atoms with van der Waals surface area (Å²) < 4.78 is 20.8. The van der Waals surface area contributed by atoms with E-state index in [9.17, 15) is 19.3 Å². The zero-order valence-electron chi connectivity index (χ0n) is 16.9. The zero-order valence-corrected chi connectivity index (χ0v) is 16.9. The highest BCUT2D eigenvalue weighted by Crippen LogP contribution is 2.32. The molecule has 156 valence electrons. The molecule has 0 N–H and O–H groups in total. The number of nitro groups is 1. The van der Waals surface area contributed by atoms with Crippen LogP contribution in [0.1, 0.15) is 30.3 Å². The van der Waals surface area contributed by atoms with Gasteiger partial charge in [0, 0.05) is 18.2 Å². The fraction of sp³-hybridized carbons (Fsp3) is 0.333. The van der Waals surface area contributed by atoms with Gasteiger partial charge in [-0.15, -0.1) is 0 Å². The molecule has 0 radical (unpaired) electrons. The summed E-state index contributed by atoms with van der Waals surface area (Å²) in [7, 11) is 3.32. The van der Waals surface area contributed by atoms with Crippen molar-refractivity contribution in [3.05, 3.63) is 68.0 Å². The van der Waals surface area contributed by atoms with Crippen LogP contribution in [0.15, 0.2) is 35.1 Å². The van der Waals surface area contributed by atoms with E-state index in [4.69, 9.17) is 9.72 Å². The van der Waals surface area contributed by atoms with E-state index >= 15 is 0 Å². The fourth-order valence-electron chi connectivity index (χ4n) is 4.07. The Morgan fingerprint density at radius 3 is 2.67 bits per heavy atom. The Balaban J connectivity index is 2.07. The summed E-state index contributed by atoms with van der Waals surface area (Å²) in [4.78, 5) is 31.2. The Kier molecular flexibility index (Phi) is 4.98. The number of nitrogens with zero attached hydrogens (tertiary/aromatic N) is 4. The van der Waals surface area contributed by atoms with Crippen molar-refractivity contribution in [2.45, 2.75) is 25.8 Å². The SMILES string of the molecule is COc1ccc(-n2c([C@@H]3CCCN3C)nc3c(C)cc([N+](=O)[O-])cc3c2=O)cc1F. The third kappa shape index (κ3) is 3.21. The first kappa shape index (κ1) is 20.0. The number of benzene rings is 2. The van der Waals surface area contributed by atoms with Crippen molar-refractivity contribution < 1.29 is 14.1 Å². The topological polar surface area (TPSA) is 90.5 Å². The molecule has 0 amide bonds. The lowest BCUT2D eigenvalue weighted by molar-refractivity contribution is -0.384. The molecule has 2 heterocycles. The predicted molar refractivity (Wildman–Crippen MR) is 110 cm³/mol. The molecule has 1 fully saturated rings. The Morgan fingerprint density at radius 2 is 2.07 bits per heavy atom. The van der Waals surface area contributed by atoms with Gasteiger partial charge in [0.05, 0.1) is 34.7 Å².